The number of hydrogen-bond donors (Lipinski definition) is 0. The van der Waals surface area contributed by atoms with Crippen LogP contribution in [0.25, 0.3) is 0 Å². The minimum atomic E-state index is -2.77. The van der Waals surface area contributed by atoms with Crippen molar-refractivity contribution in [2.75, 3.05) is 13.2 Å². The van der Waals surface area contributed by atoms with Crippen molar-refractivity contribution in [3.8, 4) is 0 Å². The largest absolute Gasteiger partial charge is 0.369 e. The maximum absolute atomic E-state index is 12.8. The molecule has 0 aromatic heterocycles. The smallest absolute Gasteiger partial charge is 0.299 e. The van der Waals surface area contributed by atoms with Crippen molar-refractivity contribution in [1.82, 2.24) is 0 Å². The lowest BCUT2D eigenvalue weighted by Crippen LogP contribution is -2.34. The number of rotatable bonds is 0. The standard InChI is InChI=1S/C7H10F2O2/c1-4-2-10-6-5(4)11-3-7(6,8)9/h4-6H,2-3H2,1H3/t4-,5+,6-/m1/s1. The minimum absolute atomic E-state index is 0.105. The van der Waals surface area contributed by atoms with Gasteiger partial charge in [-0.3, -0.25) is 0 Å². The molecule has 3 atom stereocenters. The zero-order valence-corrected chi connectivity index (χ0v) is 6.22. The first-order valence-electron chi connectivity index (χ1n) is 3.72. The van der Waals surface area contributed by atoms with Crippen LogP contribution in [-0.2, 0) is 9.47 Å². The Bertz CT molecular complexity index is 172. The average Bonchev–Trinajstić information content (AvgIpc) is 2.39. The number of alkyl halides is 2. The third-order valence-electron chi connectivity index (χ3n) is 2.28. The Morgan fingerprint density at radius 1 is 1.36 bits per heavy atom. The number of ether oxygens (including phenoxy) is 2. The Morgan fingerprint density at radius 3 is 2.73 bits per heavy atom. The van der Waals surface area contributed by atoms with Crippen molar-refractivity contribution < 1.29 is 18.3 Å². The second-order valence-corrected chi connectivity index (χ2v) is 3.27. The molecule has 64 valence electrons. The molecule has 0 aromatic carbocycles. The van der Waals surface area contributed by atoms with Crippen LogP contribution in [0.1, 0.15) is 6.92 Å². The third kappa shape index (κ3) is 0.964. The van der Waals surface area contributed by atoms with Crippen molar-refractivity contribution in [3.63, 3.8) is 0 Å². The highest BCUT2D eigenvalue weighted by Crippen LogP contribution is 2.39. The number of hydrogen-bond acceptors (Lipinski definition) is 2. The van der Waals surface area contributed by atoms with Gasteiger partial charge in [0.15, 0.2) is 0 Å². The van der Waals surface area contributed by atoms with E-state index in [1.54, 1.807) is 0 Å². The SMILES string of the molecule is C[C@@H]1CO[C@@H]2[C@H]1OCC2(F)F. The van der Waals surface area contributed by atoms with Gasteiger partial charge in [0, 0.05) is 5.92 Å². The van der Waals surface area contributed by atoms with E-state index in [1.165, 1.54) is 0 Å². The maximum atomic E-state index is 12.8. The van der Waals surface area contributed by atoms with Gasteiger partial charge in [-0.15, -0.1) is 0 Å². The summed E-state index contributed by atoms with van der Waals surface area (Å²) in [5.74, 6) is -2.66. The first-order chi connectivity index (χ1) is 5.11. The molecule has 0 N–H and O–H groups in total. The Hall–Kier alpha value is -0.220. The Balaban J connectivity index is 2.17. The van der Waals surface area contributed by atoms with Gasteiger partial charge in [0.25, 0.3) is 5.92 Å². The van der Waals surface area contributed by atoms with Crippen LogP contribution in [0.15, 0.2) is 0 Å². The van der Waals surface area contributed by atoms with Gasteiger partial charge < -0.3 is 9.47 Å². The average molecular weight is 164 g/mol. The highest BCUT2D eigenvalue weighted by Gasteiger charge is 2.57. The molecule has 0 amide bonds. The molecule has 2 fully saturated rings. The van der Waals surface area contributed by atoms with Gasteiger partial charge in [-0.05, 0) is 0 Å². The molecule has 2 rings (SSSR count). The number of halogens is 2. The van der Waals surface area contributed by atoms with E-state index in [4.69, 9.17) is 9.47 Å². The quantitative estimate of drug-likeness (QED) is 0.533. The van der Waals surface area contributed by atoms with E-state index in [9.17, 15) is 8.78 Å². The van der Waals surface area contributed by atoms with Crippen LogP contribution >= 0.6 is 0 Å². The molecule has 4 heteroatoms. The molecule has 2 aliphatic rings. The first-order valence-corrected chi connectivity index (χ1v) is 3.72. The summed E-state index contributed by atoms with van der Waals surface area (Å²) in [5.41, 5.74) is 0. The van der Waals surface area contributed by atoms with Crippen molar-refractivity contribution in [3.05, 3.63) is 0 Å². The number of fused-ring (bicyclic) bond motifs is 1. The second kappa shape index (κ2) is 2.14. The van der Waals surface area contributed by atoms with E-state index in [0.29, 0.717) is 6.61 Å². The van der Waals surface area contributed by atoms with E-state index in [2.05, 4.69) is 0 Å². The molecule has 2 aliphatic heterocycles. The molecule has 11 heavy (non-hydrogen) atoms. The molecule has 0 aliphatic carbocycles. The third-order valence-corrected chi connectivity index (χ3v) is 2.28. The van der Waals surface area contributed by atoms with Gasteiger partial charge >= 0.3 is 0 Å². The van der Waals surface area contributed by atoms with E-state index >= 15 is 0 Å². The molecule has 0 radical (unpaired) electrons. The highest BCUT2D eigenvalue weighted by molar-refractivity contribution is 4.97. The molecule has 2 nitrogen and oxygen atoms in total. The summed E-state index contributed by atoms with van der Waals surface area (Å²) in [6.45, 7) is 1.78. The topological polar surface area (TPSA) is 18.5 Å². The summed E-state index contributed by atoms with van der Waals surface area (Å²) in [7, 11) is 0. The summed E-state index contributed by atoms with van der Waals surface area (Å²) >= 11 is 0. The van der Waals surface area contributed by atoms with Gasteiger partial charge in [0.05, 0.1) is 12.7 Å². The fraction of sp³-hybridized carbons (Fsp3) is 1.00. The minimum Gasteiger partial charge on any atom is -0.369 e. The lowest BCUT2D eigenvalue weighted by atomic mass is 10.0. The van der Waals surface area contributed by atoms with E-state index in [-0.39, 0.29) is 12.0 Å². The summed E-state index contributed by atoms with van der Waals surface area (Å²) in [6, 6.07) is 0. The lowest BCUT2D eigenvalue weighted by Gasteiger charge is -2.13. The van der Waals surface area contributed by atoms with Crippen molar-refractivity contribution in [2.24, 2.45) is 5.92 Å². The van der Waals surface area contributed by atoms with Crippen molar-refractivity contribution in [1.29, 1.82) is 0 Å². The molecular formula is C7H10F2O2. The van der Waals surface area contributed by atoms with Crippen LogP contribution in [0.3, 0.4) is 0 Å². The van der Waals surface area contributed by atoms with Crippen molar-refractivity contribution >= 4 is 0 Å². The first kappa shape index (κ1) is 7.43. The van der Waals surface area contributed by atoms with Crippen LogP contribution in [0, 0.1) is 5.92 Å². The predicted octanol–water partition coefficient (Wildman–Crippen LogP) is 1.06. The molecular weight excluding hydrogens is 154 g/mol. The van der Waals surface area contributed by atoms with Crippen LogP contribution in [0.2, 0.25) is 0 Å². The van der Waals surface area contributed by atoms with Crippen LogP contribution in [0.5, 0.6) is 0 Å². The molecule has 2 heterocycles. The summed E-state index contributed by atoms with van der Waals surface area (Å²) in [5, 5.41) is 0. The molecule has 0 aromatic rings. The molecule has 0 saturated carbocycles. The van der Waals surface area contributed by atoms with Crippen LogP contribution in [-0.4, -0.2) is 31.3 Å². The summed E-state index contributed by atoms with van der Waals surface area (Å²) in [4.78, 5) is 0. The van der Waals surface area contributed by atoms with Crippen LogP contribution < -0.4 is 0 Å². The Morgan fingerprint density at radius 2 is 2.09 bits per heavy atom. The van der Waals surface area contributed by atoms with E-state index in [1.807, 2.05) is 6.92 Å². The van der Waals surface area contributed by atoms with Crippen molar-refractivity contribution in [2.45, 2.75) is 25.1 Å². The Labute approximate surface area is 63.5 Å². The summed E-state index contributed by atoms with van der Waals surface area (Å²) in [6.07, 6.45) is -1.37. The van der Waals surface area contributed by atoms with Gasteiger partial charge in [0.2, 0.25) is 0 Å². The lowest BCUT2D eigenvalue weighted by molar-refractivity contribution is -0.0953. The van der Waals surface area contributed by atoms with Crippen LogP contribution in [0.4, 0.5) is 8.78 Å². The highest BCUT2D eigenvalue weighted by atomic mass is 19.3. The molecule has 2 saturated heterocycles. The Kier molecular flexibility index (Phi) is 1.44. The predicted molar refractivity (Wildman–Crippen MR) is 33.6 cm³/mol. The van der Waals surface area contributed by atoms with Gasteiger partial charge in [-0.2, -0.15) is 0 Å². The zero-order chi connectivity index (χ0) is 8.06. The molecule has 0 unspecified atom stereocenters. The second-order valence-electron chi connectivity index (χ2n) is 3.27. The van der Waals surface area contributed by atoms with E-state index in [0.717, 1.165) is 0 Å². The summed E-state index contributed by atoms with van der Waals surface area (Å²) < 4.78 is 35.5. The molecule has 0 spiro atoms. The van der Waals surface area contributed by atoms with Gasteiger partial charge in [-0.1, -0.05) is 6.92 Å². The zero-order valence-electron chi connectivity index (χ0n) is 6.22. The van der Waals surface area contributed by atoms with Gasteiger partial charge in [0.1, 0.15) is 12.7 Å². The fourth-order valence-electron chi connectivity index (χ4n) is 1.65. The fourth-order valence-corrected chi connectivity index (χ4v) is 1.65. The molecule has 0 bridgehead atoms. The van der Waals surface area contributed by atoms with E-state index < -0.39 is 18.6 Å². The van der Waals surface area contributed by atoms with Gasteiger partial charge in [-0.25, -0.2) is 8.78 Å². The maximum Gasteiger partial charge on any atom is 0.299 e. The monoisotopic (exact) mass is 164 g/mol. The normalized spacial score (nSPS) is 47.7.